The predicted octanol–water partition coefficient (Wildman–Crippen LogP) is 4.25. The van der Waals surface area contributed by atoms with Crippen LogP contribution in [0.3, 0.4) is 0 Å². The number of hydrogen-bond donors (Lipinski definition) is 2. The molecule has 9 heteroatoms. The maximum absolute atomic E-state index is 13.3. The molecule has 2 N–H and O–H groups in total. The summed E-state index contributed by atoms with van der Waals surface area (Å²) in [5.74, 6) is 0.630. The van der Waals surface area contributed by atoms with Gasteiger partial charge in [0.15, 0.2) is 0 Å². The van der Waals surface area contributed by atoms with Crippen molar-refractivity contribution in [3.05, 3.63) is 69.7 Å². The van der Waals surface area contributed by atoms with E-state index in [0.717, 1.165) is 5.06 Å². The molecule has 2 aromatic carbocycles. The van der Waals surface area contributed by atoms with E-state index in [2.05, 4.69) is 16.3 Å². The number of anilines is 1. The summed E-state index contributed by atoms with van der Waals surface area (Å²) in [5.41, 5.74) is 0.0334. The largest absolute Gasteiger partial charge is 0.404 e. The number of rotatable bonds is 4. The minimum Gasteiger partial charge on any atom is -0.404 e. The Labute approximate surface area is 183 Å². The van der Waals surface area contributed by atoms with Crippen molar-refractivity contribution in [2.75, 3.05) is 11.9 Å². The zero-order valence-electron chi connectivity index (χ0n) is 16.2. The monoisotopic (exact) mass is 447 g/mol. The summed E-state index contributed by atoms with van der Waals surface area (Å²) in [4.78, 5) is 31.9. The Balaban J connectivity index is 1.90. The lowest BCUT2D eigenvalue weighted by Gasteiger charge is -2.41. The van der Waals surface area contributed by atoms with Crippen LogP contribution < -0.4 is 5.32 Å². The van der Waals surface area contributed by atoms with E-state index >= 15 is 0 Å². The van der Waals surface area contributed by atoms with Crippen LogP contribution in [0.2, 0.25) is 10.0 Å². The van der Waals surface area contributed by atoms with Crippen molar-refractivity contribution in [2.24, 2.45) is 5.16 Å². The quantitative estimate of drug-likeness (QED) is 0.416. The fraction of sp³-hybridized carbons (Fsp3) is 0.238. The van der Waals surface area contributed by atoms with Crippen LogP contribution in [-0.4, -0.2) is 40.1 Å². The maximum Gasteiger partial charge on any atom is 0.259 e. The molecule has 2 aromatic rings. The molecule has 0 aromatic heterocycles. The smallest absolute Gasteiger partial charge is 0.259 e. The fourth-order valence-electron chi connectivity index (χ4n) is 3.14. The van der Waals surface area contributed by atoms with Gasteiger partial charge in [0.2, 0.25) is 0 Å². The van der Waals surface area contributed by atoms with E-state index in [1.807, 2.05) is 6.07 Å². The molecule has 0 saturated carbocycles. The molecule has 0 bridgehead atoms. The molecule has 1 fully saturated rings. The molecule has 1 aliphatic heterocycles. The van der Waals surface area contributed by atoms with Gasteiger partial charge in [-0.3, -0.25) is 14.4 Å². The average Bonchev–Trinajstić information content (AvgIpc) is 2.68. The van der Waals surface area contributed by atoms with Crippen molar-refractivity contribution in [3.8, 4) is 0 Å². The van der Waals surface area contributed by atoms with Crippen LogP contribution in [0.25, 0.3) is 0 Å². The lowest BCUT2D eigenvalue weighted by atomic mass is 9.88. The lowest BCUT2D eigenvalue weighted by molar-refractivity contribution is -0.220. The molecule has 2 amide bonds. The summed E-state index contributed by atoms with van der Waals surface area (Å²) in [6.45, 7) is 3.04. The first-order valence-electron chi connectivity index (χ1n) is 8.99. The Morgan fingerprint density at radius 3 is 2.47 bits per heavy atom. The van der Waals surface area contributed by atoms with Crippen molar-refractivity contribution in [1.29, 1.82) is 0 Å². The van der Waals surface area contributed by atoms with Gasteiger partial charge < -0.3 is 10.5 Å². The highest BCUT2D eigenvalue weighted by atomic mass is 35.5. The molecule has 0 spiro atoms. The van der Waals surface area contributed by atoms with Gasteiger partial charge in [-0.05, 0) is 42.8 Å². The van der Waals surface area contributed by atoms with Crippen molar-refractivity contribution in [3.63, 3.8) is 0 Å². The minimum absolute atomic E-state index is 0.0743. The molecular weight excluding hydrogens is 429 g/mol. The molecule has 1 saturated heterocycles. The third-order valence-corrected chi connectivity index (χ3v) is 5.09. The number of halogens is 2. The topological polar surface area (TPSA) is 91.2 Å². The van der Waals surface area contributed by atoms with Crippen molar-refractivity contribution in [2.45, 2.75) is 25.3 Å². The van der Waals surface area contributed by atoms with Gasteiger partial charge in [0.25, 0.3) is 11.8 Å². The highest BCUT2D eigenvalue weighted by Gasteiger charge is 2.46. The highest BCUT2D eigenvalue weighted by Crippen LogP contribution is 2.34. The summed E-state index contributed by atoms with van der Waals surface area (Å²) in [6.07, 6.45) is 0. The van der Waals surface area contributed by atoms with E-state index in [1.54, 1.807) is 56.3 Å². The summed E-state index contributed by atoms with van der Waals surface area (Å²) in [7, 11) is 0. The Kier molecular flexibility index (Phi) is 6.48. The Morgan fingerprint density at radius 1 is 1.23 bits per heavy atom. The van der Waals surface area contributed by atoms with Crippen molar-refractivity contribution >= 4 is 46.6 Å². The van der Waals surface area contributed by atoms with Crippen LogP contribution in [0.5, 0.6) is 0 Å². The number of carbonyl (C=O) groups excluding carboxylic acids is 2. The van der Waals surface area contributed by atoms with Gasteiger partial charge in [0, 0.05) is 27.2 Å². The molecule has 3 rings (SSSR count). The number of hydroxylamine groups is 2. The summed E-state index contributed by atoms with van der Waals surface area (Å²) >= 11 is 12.0. The normalized spacial score (nSPS) is 16.8. The summed E-state index contributed by atoms with van der Waals surface area (Å²) in [5, 5.41) is 16.3. The summed E-state index contributed by atoms with van der Waals surface area (Å²) < 4.78 is 0. The predicted molar refractivity (Wildman–Crippen MR) is 114 cm³/mol. The number of carbonyl (C=O) groups is 2. The van der Waals surface area contributed by atoms with E-state index in [1.165, 1.54) is 0 Å². The van der Waals surface area contributed by atoms with Crippen LogP contribution in [0.4, 0.5) is 5.69 Å². The van der Waals surface area contributed by atoms with E-state index in [-0.39, 0.29) is 6.61 Å². The number of nitrogens with zero attached hydrogens (tertiary/aromatic N) is 2. The minimum atomic E-state index is -1.37. The molecule has 30 heavy (non-hydrogen) atoms. The SMILES string of the molecule is CC(C)(C(=O)Nc1cc(Cl)cc(Cl)c1)N1OCC(=C=NO)C(c2ccccc2)C1=O. The third-order valence-electron chi connectivity index (χ3n) is 4.66. The molecule has 1 atom stereocenters. The second kappa shape index (κ2) is 8.90. The first-order chi connectivity index (χ1) is 14.2. The molecule has 0 aliphatic carbocycles. The summed E-state index contributed by atoms with van der Waals surface area (Å²) in [6, 6.07) is 13.6. The molecule has 0 radical (unpaired) electrons. The first kappa shape index (κ1) is 21.9. The maximum atomic E-state index is 13.3. The first-order valence-corrected chi connectivity index (χ1v) is 9.75. The number of nitrogens with one attached hydrogen (secondary N) is 1. The van der Waals surface area contributed by atoms with Crippen LogP contribution in [0, 0.1) is 0 Å². The van der Waals surface area contributed by atoms with Crippen LogP contribution in [0.15, 0.2) is 59.3 Å². The lowest BCUT2D eigenvalue weighted by Crippen LogP contribution is -2.58. The zero-order valence-corrected chi connectivity index (χ0v) is 17.7. The van der Waals surface area contributed by atoms with Gasteiger partial charge in [-0.15, -0.1) is 0 Å². The van der Waals surface area contributed by atoms with E-state index in [4.69, 9.17) is 33.2 Å². The highest BCUT2D eigenvalue weighted by molar-refractivity contribution is 6.35. The van der Waals surface area contributed by atoms with E-state index in [9.17, 15) is 9.59 Å². The third kappa shape index (κ3) is 4.50. The van der Waals surface area contributed by atoms with Gasteiger partial charge in [0.1, 0.15) is 12.1 Å². The van der Waals surface area contributed by atoms with Crippen molar-refractivity contribution in [1.82, 2.24) is 5.06 Å². The molecule has 1 unspecified atom stereocenters. The average molecular weight is 448 g/mol. The van der Waals surface area contributed by atoms with Crippen molar-refractivity contribution < 1.29 is 19.6 Å². The van der Waals surface area contributed by atoms with Gasteiger partial charge >= 0.3 is 0 Å². The molecule has 7 nitrogen and oxygen atoms in total. The van der Waals surface area contributed by atoms with Crippen LogP contribution in [-0.2, 0) is 14.4 Å². The second-order valence-corrected chi connectivity index (χ2v) is 8.03. The van der Waals surface area contributed by atoms with Gasteiger partial charge in [-0.2, -0.15) is 0 Å². The van der Waals surface area contributed by atoms with Gasteiger partial charge in [-0.25, -0.2) is 5.06 Å². The Hall–Kier alpha value is -2.83. The fourth-order valence-corrected chi connectivity index (χ4v) is 3.66. The van der Waals surface area contributed by atoms with E-state index < -0.39 is 23.3 Å². The Bertz CT molecular complexity index is 1010. The van der Waals surface area contributed by atoms with Gasteiger partial charge in [0.05, 0.1) is 5.92 Å². The molecular formula is C21H19Cl2N3O4. The Morgan fingerprint density at radius 2 is 1.87 bits per heavy atom. The van der Waals surface area contributed by atoms with Crippen LogP contribution >= 0.6 is 23.2 Å². The number of amides is 2. The van der Waals surface area contributed by atoms with E-state index in [0.29, 0.717) is 26.9 Å². The van der Waals surface area contributed by atoms with Gasteiger partial charge in [-0.1, -0.05) is 53.5 Å². The number of benzene rings is 2. The second-order valence-electron chi connectivity index (χ2n) is 7.16. The molecule has 1 heterocycles. The molecule has 156 valence electrons. The number of hydrogen-bond acceptors (Lipinski definition) is 5. The van der Waals surface area contributed by atoms with Crippen LogP contribution in [0.1, 0.15) is 25.3 Å². The standard InChI is InChI=1S/C21H19Cl2N3O4/c1-21(2,20(28)25-17-9-15(22)8-16(23)10-17)26-19(27)18(13-6-4-3-5-7-13)14(11-24-29)12-30-26/h3-10,18,29H,12H2,1-2H3,(H,25,28). The zero-order chi connectivity index (χ0) is 21.9. The molecule has 1 aliphatic rings.